The summed E-state index contributed by atoms with van der Waals surface area (Å²) in [5, 5.41) is 11.7. The second-order valence-electron chi connectivity index (χ2n) is 5.09. The van der Waals surface area contributed by atoms with Crippen LogP contribution in [0.4, 0.5) is 0 Å². The van der Waals surface area contributed by atoms with Crippen LogP contribution in [0.3, 0.4) is 0 Å². The number of benzene rings is 1. The van der Waals surface area contributed by atoms with Crippen LogP contribution in [0.25, 0.3) is 0 Å². The van der Waals surface area contributed by atoms with Crippen LogP contribution in [0.1, 0.15) is 22.4 Å². The molecule has 2 aromatic rings. The number of thiophene rings is 1. The maximum Gasteiger partial charge on any atom is 0.0697 e. The van der Waals surface area contributed by atoms with Crippen LogP contribution in [0.2, 0.25) is 0 Å². The summed E-state index contributed by atoms with van der Waals surface area (Å²) in [5.41, 5.74) is 2.59. The van der Waals surface area contributed by atoms with Crippen LogP contribution in [0.5, 0.6) is 0 Å². The largest absolute Gasteiger partial charge is 0.198 e. The van der Waals surface area contributed by atoms with Crippen LogP contribution in [-0.2, 0) is 19.3 Å². The predicted octanol–water partition coefficient (Wildman–Crippen LogP) is 3.99. The third-order valence-corrected chi connectivity index (χ3v) is 4.73. The van der Waals surface area contributed by atoms with Gasteiger partial charge in [0.2, 0.25) is 0 Å². The zero-order chi connectivity index (χ0) is 12.4. The summed E-state index contributed by atoms with van der Waals surface area (Å²) in [5.74, 6) is 0. The lowest BCUT2D eigenvalue weighted by molar-refractivity contribution is 0.342. The van der Waals surface area contributed by atoms with Crippen LogP contribution >= 0.6 is 11.3 Å². The average molecular weight is 253 g/mol. The van der Waals surface area contributed by atoms with Crippen molar-refractivity contribution in [1.29, 1.82) is 5.26 Å². The number of rotatable bonds is 2. The van der Waals surface area contributed by atoms with Crippen molar-refractivity contribution in [2.24, 2.45) is 5.41 Å². The van der Waals surface area contributed by atoms with E-state index in [0.29, 0.717) is 0 Å². The Bertz CT molecular complexity index is 579. The van der Waals surface area contributed by atoms with E-state index in [1.165, 1.54) is 16.0 Å². The van der Waals surface area contributed by atoms with Crippen molar-refractivity contribution in [3.05, 3.63) is 57.8 Å². The molecule has 1 aromatic heterocycles. The minimum atomic E-state index is -0.195. The molecule has 0 bridgehead atoms. The first kappa shape index (κ1) is 11.5. The van der Waals surface area contributed by atoms with Gasteiger partial charge in [0, 0.05) is 11.3 Å². The molecule has 0 aliphatic heterocycles. The van der Waals surface area contributed by atoms with E-state index in [0.717, 1.165) is 25.7 Å². The molecule has 3 rings (SSSR count). The maximum absolute atomic E-state index is 9.62. The molecule has 0 amide bonds. The summed E-state index contributed by atoms with van der Waals surface area (Å²) in [6, 6.07) is 15.4. The number of aryl methyl sites for hydroxylation is 1. The van der Waals surface area contributed by atoms with Crippen molar-refractivity contribution in [3.8, 4) is 6.07 Å². The second-order valence-corrected chi connectivity index (χ2v) is 6.13. The molecule has 0 fully saturated rings. The van der Waals surface area contributed by atoms with Gasteiger partial charge in [-0.1, -0.05) is 30.3 Å². The van der Waals surface area contributed by atoms with Gasteiger partial charge in [-0.2, -0.15) is 5.26 Å². The Kier molecular flexibility index (Phi) is 2.93. The molecule has 2 heteroatoms. The summed E-state index contributed by atoms with van der Waals surface area (Å²) >= 11 is 1.76. The molecule has 1 nitrogen and oxygen atoms in total. The number of fused-ring (bicyclic) bond motifs is 1. The van der Waals surface area contributed by atoms with Gasteiger partial charge in [-0.25, -0.2) is 0 Å². The molecule has 0 radical (unpaired) electrons. The number of hydrogen-bond acceptors (Lipinski definition) is 2. The minimum Gasteiger partial charge on any atom is -0.198 e. The molecule has 1 heterocycles. The highest BCUT2D eigenvalue weighted by Gasteiger charge is 2.34. The molecule has 90 valence electrons. The Morgan fingerprint density at radius 2 is 2.00 bits per heavy atom. The zero-order valence-corrected chi connectivity index (χ0v) is 11.0. The first-order chi connectivity index (χ1) is 8.81. The Labute approximate surface area is 112 Å². The van der Waals surface area contributed by atoms with Gasteiger partial charge >= 0.3 is 0 Å². The Morgan fingerprint density at radius 1 is 1.17 bits per heavy atom. The Morgan fingerprint density at radius 3 is 2.72 bits per heavy atom. The lowest BCUT2D eigenvalue weighted by Crippen LogP contribution is -2.29. The smallest absolute Gasteiger partial charge is 0.0697 e. The monoisotopic (exact) mass is 253 g/mol. The summed E-state index contributed by atoms with van der Waals surface area (Å²) in [6.07, 6.45) is 3.82. The third-order valence-electron chi connectivity index (χ3n) is 3.85. The average Bonchev–Trinajstić information content (AvgIpc) is 2.91. The minimum absolute atomic E-state index is 0.195. The van der Waals surface area contributed by atoms with Gasteiger partial charge < -0.3 is 0 Å². The molecule has 18 heavy (non-hydrogen) atoms. The van der Waals surface area contributed by atoms with Crippen LogP contribution in [-0.4, -0.2) is 0 Å². The first-order valence-corrected chi connectivity index (χ1v) is 7.20. The fraction of sp³-hybridized carbons (Fsp3) is 0.312. The topological polar surface area (TPSA) is 23.8 Å². The van der Waals surface area contributed by atoms with Gasteiger partial charge in [0.15, 0.2) is 0 Å². The number of nitriles is 1. The Hall–Kier alpha value is -1.59. The van der Waals surface area contributed by atoms with E-state index in [9.17, 15) is 5.26 Å². The maximum atomic E-state index is 9.62. The summed E-state index contributed by atoms with van der Waals surface area (Å²) < 4.78 is 0. The van der Waals surface area contributed by atoms with Crippen molar-refractivity contribution in [2.45, 2.75) is 25.7 Å². The Balaban J connectivity index is 1.89. The van der Waals surface area contributed by atoms with Gasteiger partial charge in [-0.05, 0) is 41.8 Å². The standard InChI is InChI=1S/C16H15NS/c17-12-16(11-15-6-3-9-18-15)8-7-13-4-1-2-5-14(13)10-16/h1-6,9H,7-8,10-11H2. The highest BCUT2D eigenvalue weighted by atomic mass is 32.1. The van der Waals surface area contributed by atoms with Gasteiger partial charge in [0.05, 0.1) is 11.5 Å². The first-order valence-electron chi connectivity index (χ1n) is 6.32. The van der Waals surface area contributed by atoms with Gasteiger partial charge in [0.1, 0.15) is 0 Å². The van der Waals surface area contributed by atoms with Gasteiger partial charge in [-0.3, -0.25) is 0 Å². The van der Waals surface area contributed by atoms with Crippen molar-refractivity contribution in [3.63, 3.8) is 0 Å². The van der Waals surface area contributed by atoms with E-state index in [1.54, 1.807) is 11.3 Å². The second kappa shape index (κ2) is 4.59. The molecular weight excluding hydrogens is 238 g/mol. The molecule has 0 N–H and O–H groups in total. The molecule has 1 unspecified atom stereocenters. The van der Waals surface area contributed by atoms with E-state index >= 15 is 0 Å². The van der Waals surface area contributed by atoms with Gasteiger partial charge in [-0.15, -0.1) is 11.3 Å². The van der Waals surface area contributed by atoms with Crippen LogP contribution in [0.15, 0.2) is 41.8 Å². The predicted molar refractivity (Wildman–Crippen MR) is 74.5 cm³/mol. The summed E-state index contributed by atoms with van der Waals surface area (Å²) in [6.45, 7) is 0. The molecule has 0 saturated heterocycles. The van der Waals surface area contributed by atoms with Gasteiger partial charge in [0.25, 0.3) is 0 Å². The summed E-state index contributed by atoms with van der Waals surface area (Å²) in [4.78, 5) is 1.33. The molecule has 0 saturated carbocycles. The van der Waals surface area contributed by atoms with Crippen LogP contribution in [0, 0.1) is 16.7 Å². The number of hydrogen-bond donors (Lipinski definition) is 0. The lowest BCUT2D eigenvalue weighted by atomic mass is 9.70. The fourth-order valence-corrected chi connectivity index (χ4v) is 3.68. The third kappa shape index (κ3) is 2.07. The van der Waals surface area contributed by atoms with E-state index in [2.05, 4.69) is 47.8 Å². The summed E-state index contributed by atoms with van der Waals surface area (Å²) in [7, 11) is 0. The van der Waals surface area contributed by atoms with E-state index < -0.39 is 0 Å². The van der Waals surface area contributed by atoms with Crippen molar-refractivity contribution in [1.82, 2.24) is 0 Å². The van der Waals surface area contributed by atoms with E-state index in [1.807, 2.05) is 0 Å². The molecule has 1 aliphatic rings. The lowest BCUT2D eigenvalue weighted by Gasteiger charge is -2.32. The fourth-order valence-electron chi connectivity index (χ4n) is 2.83. The SMILES string of the molecule is N#CC1(Cc2cccs2)CCc2ccccc2C1. The van der Waals surface area contributed by atoms with E-state index in [4.69, 9.17) is 0 Å². The number of nitrogens with zero attached hydrogens (tertiary/aromatic N) is 1. The molecule has 0 spiro atoms. The normalized spacial score (nSPS) is 22.2. The molecule has 1 aromatic carbocycles. The molecule has 1 atom stereocenters. The quantitative estimate of drug-likeness (QED) is 0.794. The highest BCUT2D eigenvalue weighted by Crippen LogP contribution is 2.38. The van der Waals surface area contributed by atoms with E-state index in [-0.39, 0.29) is 5.41 Å². The highest BCUT2D eigenvalue weighted by molar-refractivity contribution is 7.09. The molecule has 1 aliphatic carbocycles. The van der Waals surface area contributed by atoms with Crippen molar-refractivity contribution >= 4 is 11.3 Å². The molecular formula is C16H15NS. The zero-order valence-electron chi connectivity index (χ0n) is 10.2. The van der Waals surface area contributed by atoms with Crippen LogP contribution < -0.4 is 0 Å². The van der Waals surface area contributed by atoms with Crippen molar-refractivity contribution in [2.75, 3.05) is 0 Å². The van der Waals surface area contributed by atoms with Crippen molar-refractivity contribution < 1.29 is 0 Å².